The summed E-state index contributed by atoms with van der Waals surface area (Å²) in [6, 6.07) is 0.689. The van der Waals surface area contributed by atoms with Crippen LogP contribution in [0.5, 0.6) is 0 Å². The zero-order chi connectivity index (χ0) is 10.5. The molecule has 0 heterocycles. The molecule has 1 heteroatoms. The van der Waals surface area contributed by atoms with Crippen LogP contribution in [0.3, 0.4) is 0 Å². The molecule has 0 bridgehead atoms. The first-order chi connectivity index (χ1) is 5.83. The van der Waals surface area contributed by atoms with Gasteiger partial charge in [0.25, 0.3) is 0 Å². The maximum atomic E-state index is 2.42. The molecular weight excluding hydrogens is 158 g/mol. The average Bonchev–Trinajstić information content (AvgIpc) is 1.95. The third kappa shape index (κ3) is 8.29. The molecule has 0 radical (unpaired) electrons. The molecule has 0 saturated heterocycles. The summed E-state index contributed by atoms with van der Waals surface area (Å²) in [7, 11) is 2.21. The Balaban J connectivity index is 3.36. The van der Waals surface area contributed by atoms with E-state index in [9.17, 15) is 0 Å². The van der Waals surface area contributed by atoms with Crippen LogP contribution in [0, 0.1) is 5.41 Å². The fourth-order valence-corrected chi connectivity index (χ4v) is 1.27. The van der Waals surface area contributed by atoms with Crippen molar-refractivity contribution in [3.8, 4) is 0 Å². The lowest BCUT2D eigenvalue weighted by molar-refractivity contribution is 0.258. The molecule has 0 saturated carbocycles. The van der Waals surface area contributed by atoms with E-state index in [2.05, 4.69) is 46.6 Å². The maximum absolute atomic E-state index is 2.42. The summed E-state index contributed by atoms with van der Waals surface area (Å²) >= 11 is 0. The molecule has 0 aromatic rings. The van der Waals surface area contributed by atoms with Gasteiger partial charge in [0.15, 0.2) is 0 Å². The number of rotatable bonds is 5. The largest absolute Gasteiger partial charge is 0.304 e. The second kappa shape index (κ2) is 5.64. The van der Waals surface area contributed by atoms with E-state index in [0.29, 0.717) is 11.5 Å². The molecule has 0 aliphatic heterocycles. The second-order valence-corrected chi connectivity index (χ2v) is 5.59. The van der Waals surface area contributed by atoms with E-state index in [1.807, 2.05) is 0 Å². The van der Waals surface area contributed by atoms with Gasteiger partial charge >= 0.3 is 0 Å². The third-order valence-corrected chi connectivity index (χ3v) is 2.57. The fourth-order valence-electron chi connectivity index (χ4n) is 1.27. The van der Waals surface area contributed by atoms with Crippen molar-refractivity contribution in [2.24, 2.45) is 5.41 Å². The van der Waals surface area contributed by atoms with Crippen molar-refractivity contribution < 1.29 is 0 Å². The number of unbranched alkanes of at least 4 members (excludes halogenated alkanes) is 1. The average molecular weight is 185 g/mol. The summed E-state index contributed by atoms with van der Waals surface area (Å²) in [4.78, 5) is 2.42. The molecule has 0 aliphatic rings. The fraction of sp³-hybridized carbons (Fsp3) is 1.00. The highest BCUT2D eigenvalue weighted by molar-refractivity contribution is 4.63. The summed E-state index contributed by atoms with van der Waals surface area (Å²) < 4.78 is 0. The van der Waals surface area contributed by atoms with Crippen LogP contribution in [0.1, 0.15) is 53.9 Å². The normalized spacial score (nSPS) is 12.9. The number of nitrogens with zero attached hydrogens (tertiary/aromatic N) is 1. The van der Waals surface area contributed by atoms with Crippen molar-refractivity contribution in [3.05, 3.63) is 0 Å². The van der Waals surface area contributed by atoms with Gasteiger partial charge in [-0.05, 0) is 45.7 Å². The summed E-state index contributed by atoms with van der Waals surface area (Å²) in [5.41, 5.74) is 0.510. The van der Waals surface area contributed by atoms with Gasteiger partial charge < -0.3 is 4.90 Å². The van der Waals surface area contributed by atoms with E-state index in [4.69, 9.17) is 0 Å². The molecule has 0 fully saturated rings. The quantitative estimate of drug-likeness (QED) is 0.592. The van der Waals surface area contributed by atoms with E-state index < -0.39 is 0 Å². The Bertz CT molecular complexity index is 122. The van der Waals surface area contributed by atoms with E-state index in [1.54, 1.807) is 0 Å². The zero-order valence-electron chi connectivity index (χ0n) is 10.4. The van der Waals surface area contributed by atoms with E-state index in [1.165, 1.54) is 25.8 Å². The van der Waals surface area contributed by atoms with Crippen LogP contribution in [-0.4, -0.2) is 24.5 Å². The van der Waals surface area contributed by atoms with Crippen molar-refractivity contribution in [3.63, 3.8) is 0 Å². The SMILES string of the molecule is CC(C)N(C)CCCCC(C)(C)C. The lowest BCUT2D eigenvalue weighted by Crippen LogP contribution is -2.27. The number of hydrogen-bond donors (Lipinski definition) is 0. The van der Waals surface area contributed by atoms with Gasteiger partial charge in [0.2, 0.25) is 0 Å². The predicted molar refractivity (Wildman–Crippen MR) is 61.1 cm³/mol. The smallest absolute Gasteiger partial charge is 0.00355 e. The van der Waals surface area contributed by atoms with Gasteiger partial charge in [-0.1, -0.05) is 27.2 Å². The highest BCUT2D eigenvalue weighted by atomic mass is 15.1. The number of hydrogen-bond acceptors (Lipinski definition) is 1. The van der Waals surface area contributed by atoms with Crippen LogP contribution >= 0.6 is 0 Å². The molecule has 0 N–H and O–H groups in total. The monoisotopic (exact) mass is 185 g/mol. The molecule has 0 spiro atoms. The van der Waals surface area contributed by atoms with E-state index in [0.717, 1.165) is 0 Å². The molecule has 80 valence electrons. The summed E-state index contributed by atoms with van der Waals surface area (Å²) in [5.74, 6) is 0. The summed E-state index contributed by atoms with van der Waals surface area (Å²) in [5, 5.41) is 0. The van der Waals surface area contributed by atoms with Gasteiger partial charge in [-0.15, -0.1) is 0 Å². The third-order valence-electron chi connectivity index (χ3n) is 2.57. The van der Waals surface area contributed by atoms with Crippen LogP contribution in [-0.2, 0) is 0 Å². The van der Waals surface area contributed by atoms with Crippen LogP contribution in [0.25, 0.3) is 0 Å². The first-order valence-corrected chi connectivity index (χ1v) is 5.53. The van der Waals surface area contributed by atoms with Crippen molar-refractivity contribution in [2.45, 2.75) is 59.9 Å². The van der Waals surface area contributed by atoms with Crippen molar-refractivity contribution in [1.29, 1.82) is 0 Å². The Morgan fingerprint density at radius 3 is 2.00 bits per heavy atom. The Kier molecular flexibility index (Phi) is 5.62. The molecule has 0 atom stereocenters. The Morgan fingerprint density at radius 2 is 1.62 bits per heavy atom. The van der Waals surface area contributed by atoms with Crippen LogP contribution in [0.4, 0.5) is 0 Å². The highest BCUT2D eigenvalue weighted by Crippen LogP contribution is 2.21. The molecule has 0 aromatic carbocycles. The van der Waals surface area contributed by atoms with Crippen molar-refractivity contribution in [2.75, 3.05) is 13.6 Å². The summed E-state index contributed by atoms with van der Waals surface area (Å²) in [6.45, 7) is 12.7. The predicted octanol–water partition coefficient (Wildman–Crippen LogP) is 3.54. The van der Waals surface area contributed by atoms with Crippen molar-refractivity contribution in [1.82, 2.24) is 4.90 Å². The van der Waals surface area contributed by atoms with Gasteiger partial charge in [-0.3, -0.25) is 0 Å². The van der Waals surface area contributed by atoms with Gasteiger partial charge in [0.05, 0.1) is 0 Å². The first kappa shape index (κ1) is 13.0. The van der Waals surface area contributed by atoms with Gasteiger partial charge in [0, 0.05) is 6.04 Å². The molecule has 0 amide bonds. The molecule has 1 nitrogen and oxygen atoms in total. The first-order valence-electron chi connectivity index (χ1n) is 5.53. The highest BCUT2D eigenvalue weighted by Gasteiger charge is 2.09. The minimum Gasteiger partial charge on any atom is -0.304 e. The van der Waals surface area contributed by atoms with Crippen LogP contribution in [0.2, 0.25) is 0 Å². The van der Waals surface area contributed by atoms with Crippen LogP contribution in [0.15, 0.2) is 0 Å². The van der Waals surface area contributed by atoms with E-state index in [-0.39, 0.29) is 0 Å². The van der Waals surface area contributed by atoms with Gasteiger partial charge in [-0.25, -0.2) is 0 Å². The lowest BCUT2D eigenvalue weighted by Gasteiger charge is -2.22. The Hall–Kier alpha value is -0.0400. The summed E-state index contributed by atoms with van der Waals surface area (Å²) in [6.07, 6.45) is 4.05. The topological polar surface area (TPSA) is 3.24 Å². The maximum Gasteiger partial charge on any atom is 0.00355 e. The minimum atomic E-state index is 0.510. The lowest BCUT2D eigenvalue weighted by atomic mass is 9.90. The Labute approximate surface area is 84.5 Å². The molecule has 0 unspecified atom stereocenters. The minimum absolute atomic E-state index is 0.510. The molecule has 0 rings (SSSR count). The molecule has 0 aliphatic carbocycles. The van der Waals surface area contributed by atoms with Gasteiger partial charge in [-0.2, -0.15) is 0 Å². The second-order valence-electron chi connectivity index (χ2n) is 5.59. The van der Waals surface area contributed by atoms with Crippen molar-refractivity contribution >= 4 is 0 Å². The van der Waals surface area contributed by atoms with Gasteiger partial charge in [0.1, 0.15) is 0 Å². The molecule has 0 aromatic heterocycles. The molecular formula is C12H27N. The standard InChI is InChI=1S/C12H27N/c1-11(2)13(6)10-8-7-9-12(3,4)5/h11H,7-10H2,1-6H3. The Morgan fingerprint density at radius 1 is 1.08 bits per heavy atom. The van der Waals surface area contributed by atoms with Crippen LogP contribution < -0.4 is 0 Å². The van der Waals surface area contributed by atoms with E-state index >= 15 is 0 Å². The molecule has 13 heavy (non-hydrogen) atoms. The zero-order valence-corrected chi connectivity index (χ0v) is 10.4.